The first-order valence-electron chi connectivity index (χ1n) is 5.36. The van der Waals surface area contributed by atoms with Gasteiger partial charge >= 0.3 is 0 Å². The molecular formula is C10H26N2O. The van der Waals surface area contributed by atoms with Gasteiger partial charge in [0.15, 0.2) is 0 Å². The lowest BCUT2D eigenvalue weighted by atomic mass is 10.2. The Labute approximate surface area is 83.2 Å². The van der Waals surface area contributed by atoms with Gasteiger partial charge in [-0.2, -0.15) is 0 Å². The van der Waals surface area contributed by atoms with Gasteiger partial charge in [0.25, 0.3) is 0 Å². The molecule has 0 radical (unpaired) electrons. The lowest BCUT2D eigenvalue weighted by molar-refractivity contribution is 0.159. The molecule has 1 rings (SSSR count). The third kappa shape index (κ3) is 9.80. The van der Waals surface area contributed by atoms with E-state index in [2.05, 4.69) is 10.6 Å². The molecule has 0 aromatic heterocycles. The maximum atomic E-state index is 4.98. The van der Waals surface area contributed by atoms with E-state index in [0.717, 1.165) is 26.2 Å². The van der Waals surface area contributed by atoms with Gasteiger partial charge in [-0.1, -0.05) is 27.7 Å². The van der Waals surface area contributed by atoms with E-state index in [-0.39, 0.29) is 0 Å². The molecule has 0 aromatic rings. The quantitative estimate of drug-likeness (QED) is 0.687. The molecule has 1 atom stereocenters. The molecule has 0 aliphatic carbocycles. The van der Waals surface area contributed by atoms with Crippen LogP contribution in [0, 0.1) is 0 Å². The fourth-order valence-electron chi connectivity index (χ4n) is 1.03. The van der Waals surface area contributed by atoms with Crippen LogP contribution in [0.1, 0.15) is 27.7 Å². The average Bonchev–Trinajstić information content (AvgIpc) is 2.26. The highest BCUT2D eigenvalue weighted by molar-refractivity contribution is 4.74. The number of nitrogens with one attached hydrogen (secondary N) is 2. The van der Waals surface area contributed by atoms with E-state index in [9.17, 15) is 0 Å². The summed E-state index contributed by atoms with van der Waals surface area (Å²) in [5, 5.41) is 6.61. The largest absolute Gasteiger partial charge is 0.383 e. The highest BCUT2D eigenvalue weighted by atomic mass is 16.5. The van der Waals surface area contributed by atoms with Crippen LogP contribution in [0.3, 0.4) is 0 Å². The molecule has 0 aromatic carbocycles. The van der Waals surface area contributed by atoms with E-state index < -0.39 is 0 Å². The first-order chi connectivity index (χ1) is 6.43. The zero-order valence-corrected chi connectivity index (χ0v) is 9.81. The van der Waals surface area contributed by atoms with Crippen LogP contribution in [0.15, 0.2) is 0 Å². The van der Waals surface area contributed by atoms with Crippen LogP contribution in [0.25, 0.3) is 0 Å². The van der Waals surface area contributed by atoms with Gasteiger partial charge < -0.3 is 15.4 Å². The zero-order valence-electron chi connectivity index (χ0n) is 9.81. The second-order valence-electron chi connectivity index (χ2n) is 2.31. The third-order valence-corrected chi connectivity index (χ3v) is 1.49. The Morgan fingerprint density at radius 2 is 1.77 bits per heavy atom. The average molecular weight is 190 g/mol. The smallest absolute Gasteiger partial charge is 0.0628 e. The van der Waals surface area contributed by atoms with Crippen molar-refractivity contribution in [2.45, 2.75) is 33.7 Å². The summed E-state index contributed by atoms with van der Waals surface area (Å²) in [6.45, 7) is 12.0. The monoisotopic (exact) mass is 190 g/mol. The second-order valence-corrected chi connectivity index (χ2v) is 2.31. The molecule has 3 heteroatoms. The Hall–Kier alpha value is -0.120. The van der Waals surface area contributed by atoms with Crippen molar-refractivity contribution in [1.82, 2.24) is 10.6 Å². The molecule has 1 heterocycles. The molecule has 1 saturated heterocycles. The summed E-state index contributed by atoms with van der Waals surface area (Å²) in [6, 6.07) is 0.517. The van der Waals surface area contributed by atoms with Crippen molar-refractivity contribution in [3.63, 3.8) is 0 Å². The molecule has 0 saturated carbocycles. The molecule has 0 spiro atoms. The van der Waals surface area contributed by atoms with Gasteiger partial charge in [0, 0.05) is 32.8 Å². The highest BCUT2D eigenvalue weighted by Gasteiger charge is 2.09. The molecule has 0 bridgehead atoms. The van der Waals surface area contributed by atoms with Crippen LogP contribution in [0.4, 0.5) is 0 Å². The van der Waals surface area contributed by atoms with Gasteiger partial charge in [-0.15, -0.1) is 0 Å². The van der Waals surface area contributed by atoms with Crippen LogP contribution >= 0.6 is 0 Å². The van der Waals surface area contributed by atoms with Gasteiger partial charge in [0.05, 0.1) is 6.61 Å². The maximum absolute atomic E-state index is 4.98. The van der Waals surface area contributed by atoms with Gasteiger partial charge in [0.2, 0.25) is 0 Å². The standard InChI is InChI=1S/C6H14N2O.2C2H6/c1-9-5-6-4-7-2-3-8-6;2*1-2/h6-8H,2-5H2,1H3;2*1-2H3. The van der Waals surface area contributed by atoms with Gasteiger partial charge in [-0.25, -0.2) is 0 Å². The molecule has 13 heavy (non-hydrogen) atoms. The molecule has 1 aliphatic heterocycles. The fraction of sp³-hybridized carbons (Fsp3) is 1.00. The van der Waals surface area contributed by atoms with Crippen LogP contribution in [0.5, 0.6) is 0 Å². The summed E-state index contributed by atoms with van der Waals surface area (Å²) in [4.78, 5) is 0. The maximum Gasteiger partial charge on any atom is 0.0628 e. The molecule has 82 valence electrons. The van der Waals surface area contributed by atoms with E-state index in [4.69, 9.17) is 4.74 Å². The van der Waals surface area contributed by atoms with E-state index in [1.54, 1.807) is 7.11 Å². The molecule has 1 aliphatic rings. The number of hydrogen-bond acceptors (Lipinski definition) is 3. The number of methoxy groups -OCH3 is 1. The lowest BCUT2D eigenvalue weighted by Crippen LogP contribution is -2.50. The summed E-state index contributed by atoms with van der Waals surface area (Å²) in [6.07, 6.45) is 0. The summed E-state index contributed by atoms with van der Waals surface area (Å²) in [5.41, 5.74) is 0. The van der Waals surface area contributed by atoms with E-state index in [1.165, 1.54) is 0 Å². The lowest BCUT2D eigenvalue weighted by Gasteiger charge is -2.23. The number of piperazine rings is 1. The number of ether oxygens (including phenoxy) is 1. The minimum atomic E-state index is 0.517. The van der Waals surface area contributed by atoms with Crippen molar-refractivity contribution >= 4 is 0 Å². The number of hydrogen-bond donors (Lipinski definition) is 2. The van der Waals surface area contributed by atoms with Crippen LogP contribution in [0.2, 0.25) is 0 Å². The minimum absolute atomic E-state index is 0.517. The number of rotatable bonds is 2. The van der Waals surface area contributed by atoms with Crippen molar-refractivity contribution in [2.75, 3.05) is 33.4 Å². The molecule has 0 amide bonds. The summed E-state index contributed by atoms with van der Waals surface area (Å²) in [5.74, 6) is 0. The van der Waals surface area contributed by atoms with Gasteiger partial charge in [-0.3, -0.25) is 0 Å². The van der Waals surface area contributed by atoms with Crippen LogP contribution in [-0.2, 0) is 4.74 Å². The Balaban J connectivity index is 0. The first-order valence-corrected chi connectivity index (χ1v) is 5.36. The normalized spacial score (nSPS) is 20.5. The molecular weight excluding hydrogens is 164 g/mol. The van der Waals surface area contributed by atoms with Crippen molar-refractivity contribution in [2.24, 2.45) is 0 Å². The fourth-order valence-corrected chi connectivity index (χ4v) is 1.03. The zero-order chi connectivity index (χ0) is 10.5. The van der Waals surface area contributed by atoms with Crippen molar-refractivity contribution in [1.29, 1.82) is 0 Å². The third-order valence-electron chi connectivity index (χ3n) is 1.49. The Kier molecular flexibility index (Phi) is 17.0. The van der Waals surface area contributed by atoms with Gasteiger partial charge in [0.1, 0.15) is 0 Å². The Morgan fingerprint density at radius 3 is 2.15 bits per heavy atom. The summed E-state index contributed by atoms with van der Waals surface area (Å²) < 4.78 is 4.98. The highest BCUT2D eigenvalue weighted by Crippen LogP contribution is 1.85. The Bertz CT molecular complexity index is 70.6. The SMILES string of the molecule is CC.CC.COCC1CNCCN1. The molecule has 1 fully saturated rings. The van der Waals surface area contributed by atoms with Crippen molar-refractivity contribution in [3.05, 3.63) is 0 Å². The predicted molar refractivity (Wildman–Crippen MR) is 59.2 cm³/mol. The van der Waals surface area contributed by atoms with E-state index in [1.807, 2.05) is 27.7 Å². The van der Waals surface area contributed by atoms with E-state index in [0.29, 0.717) is 6.04 Å². The predicted octanol–water partition coefficient (Wildman–Crippen LogP) is 1.25. The van der Waals surface area contributed by atoms with E-state index >= 15 is 0 Å². The Morgan fingerprint density at radius 1 is 1.15 bits per heavy atom. The topological polar surface area (TPSA) is 33.3 Å². The summed E-state index contributed by atoms with van der Waals surface area (Å²) >= 11 is 0. The second kappa shape index (κ2) is 14.4. The van der Waals surface area contributed by atoms with Crippen LogP contribution in [-0.4, -0.2) is 39.4 Å². The van der Waals surface area contributed by atoms with Gasteiger partial charge in [-0.05, 0) is 0 Å². The first kappa shape index (κ1) is 15.4. The van der Waals surface area contributed by atoms with Crippen molar-refractivity contribution < 1.29 is 4.74 Å². The van der Waals surface area contributed by atoms with Crippen LogP contribution < -0.4 is 10.6 Å². The summed E-state index contributed by atoms with van der Waals surface area (Å²) in [7, 11) is 1.73. The molecule has 2 N–H and O–H groups in total. The molecule has 1 unspecified atom stereocenters. The van der Waals surface area contributed by atoms with Crippen molar-refractivity contribution in [3.8, 4) is 0 Å². The minimum Gasteiger partial charge on any atom is -0.383 e. The molecule has 3 nitrogen and oxygen atoms in total.